The largest absolute Gasteiger partial charge is 0.272 e. The minimum Gasteiger partial charge on any atom is -0.272 e. The fourth-order valence-electron chi connectivity index (χ4n) is 1.62. The van der Waals surface area contributed by atoms with E-state index in [0.29, 0.717) is 5.82 Å². The quantitative estimate of drug-likeness (QED) is 0.753. The summed E-state index contributed by atoms with van der Waals surface area (Å²) >= 11 is 1.64. The van der Waals surface area contributed by atoms with Crippen molar-refractivity contribution in [3.63, 3.8) is 0 Å². The summed E-state index contributed by atoms with van der Waals surface area (Å²) in [4.78, 5) is 5.58. The number of aryl methyl sites for hydroxylation is 1. The highest BCUT2D eigenvalue weighted by molar-refractivity contribution is 7.13. The Kier molecular flexibility index (Phi) is 2.29. The van der Waals surface area contributed by atoms with Gasteiger partial charge >= 0.3 is 0 Å². The Morgan fingerprint density at radius 3 is 2.94 bits per heavy atom. The molecule has 0 aliphatic carbocycles. The molecule has 0 amide bonds. The Bertz CT molecular complexity index is 635. The van der Waals surface area contributed by atoms with Crippen LogP contribution in [0.3, 0.4) is 0 Å². The molecule has 0 spiro atoms. The molecule has 1 N–H and O–H groups in total. The summed E-state index contributed by atoms with van der Waals surface area (Å²) in [5.41, 5.74) is 2.02. The summed E-state index contributed by atoms with van der Waals surface area (Å²) in [5, 5.41) is 13.4. The number of aromatic amines is 1. The highest BCUT2D eigenvalue weighted by Crippen LogP contribution is 2.24. The van der Waals surface area contributed by atoms with Crippen molar-refractivity contribution < 1.29 is 0 Å². The Morgan fingerprint density at radius 2 is 2.29 bits per heavy atom. The fourth-order valence-corrected chi connectivity index (χ4v) is 2.29. The molecule has 0 saturated carbocycles. The van der Waals surface area contributed by atoms with E-state index < -0.39 is 0 Å². The van der Waals surface area contributed by atoms with Crippen molar-refractivity contribution >= 4 is 11.3 Å². The minimum absolute atomic E-state index is 0.694. The van der Waals surface area contributed by atoms with Gasteiger partial charge in [0, 0.05) is 12.7 Å². The van der Waals surface area contributed by atoms with Gasteiger partial charge in [0.05, 0.1) is 16.6 Å². The van der Waals surface area contributed by atoms with Crippen LogP contribution in [0.15, 0.2) is 23.7 Å². The van der Waals surface area contributed by atoms with Crippen molar-refractivity contribution in [2.75, 3.05) is 0 Å². The monoisotopic (exact) mass is 245 g/mol. The van der Waals surface area contributed by atoms with Crippen LogP contribution in [-0.4, -0.2) is 25.0 Å². The van der Waals surface area contributed by atoms with Crippen LogP contribution < -0.4 is 0 Å². The lowest BCUT2D eigenvalue weighted by atomic mass is 10.2. The SMILES string of the molecule is Cc1c(-c2n[nH]c(-c3cccs3)n2)cnn1C. The molecule has 0 aromatic carbocycles. The molecule has 0 bridgehead atoms. The Balaban J connectivity index is 2.04. The summed E-state index contributed by atoms with van der Waals surface area (Å²) in [7, 11) is 1.91. The van der Waals surface area contributed by atoms with Crippen LogP contribution >= 0.6 is 11.3 Å². The molecule has 86 valence electrons. The smallest absolute Gasteiger partial charge is 0.184 e. The molecule has 3 aromatic heterocycles. The third kappa shape index (κ3) is 1.66. The van der Waals surface area contributed by atoms with E-state index in [0.717, 1.165) is 22.0 Å². The lowest BCUT2D eigenvalue weighted by molar-refractivity contribution is 0.740. The highest BCUT2D eigenvalue weighted by Gasteiger charge is 2.12. The van der Waals surface area contributed by atoms with Crippen molar-refractivity contribution in [1.29, 1.82) is 0 Å². The van der Waals surface area contributed by atoms with Crippen LogP contribution in [0.2, 0.25) is 0 Å². The van der Waals surface area contributed by atoms with E-state index in [4.69, 9.17) is 0 Å². The van der Waals surface area contributed by atoms with Crippen molar-refractivity contribution in [3.05, 3.63) is 29.4 Å². The number of H-pyrrole nitrogens is 1. The Morgan fingerprint density at radius 1 is 1.41 bits per heavy atom. The van der Waals surface area contributed by atoms with Crippen molar-refractivity contribution in [2.24, 2.45) is 7.05 Å². The Labute approximate surface area is 102 Å². The zero-order chi connectivity index (χ0) is 11.8. The van der Waals surface area contributed by atoms with Gasteiger partial charge in [0.1, 0.15) is 0 Å². The second kappa shape index (κ2) is 3.81. The third-order valence-electron chi connectivity index (χ3n) is 2.72. The zero-order valence-corrected chi connectivity index (χ0v) is 10.3. The molecule has 3 aromatic rings. The van der Waals surface area contributed by atoms with Crippen LogP contribution in [0.25, 0.3) is 22.1 Å². The number of rotatable bonds is 2. The van der Waals surface area contributed by atoms with E-state index in [1.165, 1.54) is 0 Å². The first-order valence-electron chi connectivity index (χ1n) is 5.21. The molecular formula is C11H11N5S. The van der Waals surface area contributed by atoms with E-state index in [-0.39, 0.29) is 0 Å². The molecule has 0 unspecified atom stereocenters. The molecule has 0 fully saturated rings. The summed E-state index contributed by atoms with van der Waals surface area (Å²) in [6.07, 6.45) is 1.79. The van der Waals surface area contributed by atoms with Crippen molar-refractivity contribution in [1.82, 2.24) is 25.0 Å². The van der Waals surface area contributed by atoms with Crippen LogP contribution in [-0.2, 0) is 7.05 Å². The number of thiophene rings is 1. The van der Waals surface area contributed by atoms with Crippen LogP contribution in [0, 0.1) is 6.92 Å². The van der Waals surface area contributed by atoms with Crippen molar-refractivity contribution in [3.8, 4) is 22.1 Å². The number of nitrogens with one attached hydrogen (secondary N) is 1. The third-order valence-corrected chi connectivity index (χ3v) is 3.59. The molecule has 5 nitrogen and oxygen atoms in total. The van der Waals surface area contributed by atoms with Gasteiger partial charge in [-0.15, -0.1) is 11.3 Å². The normalized spacial score (nSPS) is 10.9. The number of hydrogen-bond acceptors (Lipinski definition) is 4. The standard InChI is InChI=1S/C11H11N5S/c1-7-8(6-12-16(7)2)10-13-11(15-14-10)9-4-3-5-17-9/h3-6H,1-2H3,(H,13,14,15). The molecule has 3 heterocycles. The molecule has 3 rings (SSSR count). The van der Waals surface area contributed by atoms with Gasteiger partial charge in [-0.05, 0) is 18.4 Å². The van der Waals surface area contributed by atoms with Gasteiger partial charge in [-0.25, -0.2) is 4.98 Å². The number of nitrogens with zero attached hydrogens (tertiary/aromatic N) is 4. The van der Waals surface area contributed by atoms with Gasteiger partial charge in [0.2, 0.25) is 0 Å². The predicted molar refractivity (Wildman–Crippen MR) is 66.6 cm³/mol. The van der Waals surface area contributed by atoms with Gasteiger partial charge in [0.25, 0.3) is 0 Å². The number of aromatic nitrogens is 5. The van der Waals surface area contributed by atoms with E-state index in [1.807, 2.05) is 36.2 Å². The molecule has 0 aliphatic rings. The fraction of sp³-hybridized carbons (Fsp3) is 0.182. The molecule has 6 heteroatoms. The molecule has 0 atom stereocenters. The Hall–Kier alpha value is -1.95. The van der Waals surface area contributed by atoms with E-state index in [9.17, 15) is 0 Å². The van der Waals surface area contributed by atoms with Crippen LogP contribution in [0.4, 0.5) is 0 Å². The van der Waals surface area contributed by atoms with Crippen molar-refractivity contribution in [2.45, 2.75) is 6.92 Å². The molecule has 0 radical (unpaired) electrons. The van der Waals surface area contributed by atoms with Gasteiger partial charge in [-0.1, -0.05) is 6.07 Å². The minimum atomic E-state index is 0.694. The maximum Gasteiger partial charge on any atom is 0.184 e. The van der Waals surface area contributed by atoms with Crippen LogP contribution in [0.5, 0.6) is 0 Å². The average molecular weight is 245 g/mol. The first-order valence-corrected chi connectivity index (χ1v) is 6.09. The van der Waals surface area contributed by atoms with E-state index in [1.54, 1.807) is 17.5 Å². The van der Waals surface area contributed by atoms with Gasteiger partial charge in [-0.2, -0.15) is 10.2 Å². The topological polar surface area (TPSA) is 59.4 Å². The zero-order valence-electron chi connectivity index (χ0n) is 9.51. The molecule has 17 heavy (non-hydrogen) atoms. The summed E-state index contributed by atoms with van der Waals surface area (Å²) in [6, 6.07) is 4.02. The lowest BCUT2D eigenvalue weighted by Gasteiger charge is -1.94. The highest BCUT2D eigenvalue weighted by atomic mass is 32.1. The molecule has 0 aliphatic heterocycles. The van der Waals surface area contributed by atoms with Gasteiger partial charge in [-0.3, -0.25) is 9.78 Å². The van der Waals surface area contributed by atoms with Crippen LogP contribution in [0.1, 0.15) is 5.69 Å². The summed E-state index contributed by atoms with van der Waals surface area (Å²) in [6.45, 7) is 2.00. The predicted octanol–water partition coefficient (Wildman–Crippen LogP) is 2.24. The maximum atomic E-state index is 4.49. The lowest BCUT2D eigenvalue weighted by Crippen LogP contribution is -1.92. The van der Waals surface area contributed by atoms with Gasteiger partial charge < -0.3 is 0 Å². The second-order valence-electron chi connectivity index (χ2n) is 3.75. The summed E-state index contributed by atoms with van der Waals surface area (Å²) in [5.74, 6) is 1.50. The average Bonchev–Trinajstić information content (AvgIpc) is 3.01. The van der Waals surface area contributed by atoms with E-state index in [2.05, 4.69) is 20.3 Å². The molecule has 0 saturated heterocycles. The molecular weight excluding hydrogens is 234 g/mol. The number of hydrogen-bond donors (Lipinski definition) is 1. The van der Waals surface area contributed by atoms with E-state index >= 15 is 0 Å². The first-order chi connectivity index (χ1) is 8.25. The first kappa shape index (κ1) is 10.2. The maximum absolute atomic E-state index is 4.49. The van der Waals surface area contributed by atoms with Gasteiger partial charge in [0.15, 0.2) is 11.6 Å². The second-order valence-corrected chi connectivity index (χ2v) is 4.70. The summed E-state index contributed by atoms with van der Waals surface area (Å²) < 4.78 is 1.82.